The normalized spacial score (nSPS) is 10.7. The van der Waals surface area contributed by atoms with Crippen LogP contribution in [-0.2, 0) is 0 Å². The molecule has 0 spiro atoms. The maximum Gasteiger partial charge on any atom is 0.255 e. The standard InChI is InChI=1S/C12H14BrFINO/c1-8(2)16(6-5-13)12(17)10-4-3-9(14)7-11(10)15/h3-4,7-8H,5-6H2,1-2H3. The quantitative estimate of drug-likeness (QED) is 0.544. The Balaban J connectivity index is 3.01. The number of benzene rings is 1. The van der Waals surface area contributed by atoms with Gasteiger partial charge >= 0.3 is 0 Å². The first-order valence-corrected chi connectivity index (χ1v) is 7.49. The Morgan fingerprint density at radius 1 is 1.53 bits per heavy atom. The van der Waals surface area contributed by atoms with Gasteiger partial charge in [0.15, 0.2) is 0 Å². The van der Waals surface area contributed by atoms with Gasteiger partial charge in [-0.25, -0.2) is 4.39 Å². The van der Waals surface area contributed by atoms with Crippen LogP contribution in [0.2, 0.25) is 0 Å². The zero-order valence-electron chi connectivity index (χ0n) is 9.71. The van der Waals surface area contributed by atoms with Crippen LogP contribution in [0, 0.1) is 9.39 Å². The fourth-order valence-corrected chi connectivity index (χ4v) is 2.59. The third kappa shape index (κ3) is 3.91. The van der Waals surface area contributed by atoms with Crippen LogP contribution in [0.5, 0.6) is 0 Å². The molecule has 2 nitrogen and oxygen atoms in total. The van der Waals surface area contributed by atoms with Crippen LogP contribution in [0.25, 0.3) is 0 Å². The fraction of sp³-hybridized carbons (Fsp3) is 0.417. The highest BCUT2D eigenvalue weighted by atomic mass is 127. The van der Waals surface area contributed by atoms with Crippen molar-refractivity contribution in [2.75, 3.05) is 11.9 Å². The summed E-state index contributed by atoms with van der Waals surface area (Å²) in [6.07, 6.45) is 0. The van der Waals surface area contributed by atoms with E-state index in [1.54, 1.807) is 11.0 Å². The predicted octanol–water partition coefficient (Wildman–Crippen LogP) is 3.68. The van der Waals surface area contributed by atoms with E-state index in [-0.39, 0.29) is 17.8 Å². The van der Waals surface area contributed by atoms with E-state index in [0.717, 1.165) is 5.33 Å². The lowest BCUT2D eigenvalue weighted by Crippen LogP contribution is -2.38. The first-order valence-electron chi connectivity index (χ1n) is 5.29. The molecule has 0 aliphatic rings. The van der Waals surface area contributed by atoms with Crippen LogP contribution < -0.4 is 0 Å². The van der Waals surface area contributed by atoms with Gasteiger partial charge in [0, 0.05) is 21.5 Å². The summed E-state index contributed by atoms with van der Waals surface area (Å²) in [6, 6.07) is 4.37. The van der Waals surface area contributed by atoms with Gasteiger partial charge in [-0.05, 0) is 54.6 Å². The maximum atomic E-state index is 13.0. The Hall–Kier alpha value is -0.170. The average molecular weight is 414 g/mol. The Morgan fingerprint density at radius 2 is 2.18 bits per heavy atom. The molecule has 1 amide bonds. The minimum atomic E-state index is -0.317. The van der Waals surface area contributed by atoms with Gasteiger partial charge in [-0.2, -0.15) is 0 Å². The predicted molar refractivity (Wildman–Crippen MR) is 79.1 cm³/mol. The van der Waals surface area contributed by atoms with E-state index in [2.05, 4.69) is 15.9 Å². The lowest BCUT2D eigenvalue weighted by molar-refractivity contribution is 0.0718. The van der Waals surface area contributed by atoms with Crippen LogP contribution in [0.1, 0.15) is 24.2 Å². The molecule has 0 heterocycles. The Morgan fingerprint density at radius 3 is 2.65 bits per heavy atom. The van der Waals surface area contributed by atoms with Crippen molar-refractivity contribution >= 4 is 44.4 Å². The monoisotopic (exact) mass is 413 g/mol. The van der Waals surface area contributed by atoms with Gasteiger partial charge in [0.1, 0.15) is 5.82 Å². The highest BCUT2D eigenvalue weighted by Gasteiger charge is 2.20. The number of carbonyl (C=O) groups excluding carboxylic acids is 1. The maximum absolute atomic E-state index is 13.0. The topological polar surface area (TPSA) is 20.3 Å². The van der Waals surface area contributed by atoms with E-state index < -0.39 is 0 Å². The minimum Gasteiger partial charge on any atom is -0.335 e. The van der Waals surface area contributed by atoms with Crippen molar-refractivity contribution in [3.05, 3.63) is 33.1 Å². The van der Waals surface area contributed by atoms with Crippen molar-refractivity contribution in [3.8, 4) is 0 Å². The Labute approximate surface area is 123 Å². The Kier molecular flexibility index (Phi) is 5.85. The van der Waals surface area contributed by atoms with Gasteiger partial charge in [-0.1, -0.05) is 15.9 Å². The van der Waals surface area contributed by atoms with Crippen LogP contribution in [0.15, 0.2) is 18.2 Å². The van der Waals surface area contributed by atoms with E-state index in [0.29, 0.717) is 15.7 Å². The molecule has 0 aliphatic carbocycles. The average Bonchev–Trinajstić information content (AvgIpc) is 2.24. The number of carbonyl (C=O) groups is 1. The van der Waals surface area contributed by atoms with Gasteiger partial charge in [-0.3, -0.25) is 4.79 Å². The molecule has 1 rings (SSSR count). The largest absolute Gasteiger partial charge is 0.335 e. The van der Waals surface area contributed by atoms with Gasteiger partial charge in [0.2, 0.25) is 0 Å². The zero-order chi connectivity index (χ0) is 13.0. The van der Waals surface area contributed by atoms with Gasteiger partial charge in [0.05, 0.1) is 5.56 Å². The molecule has 0 N–H and O–H groups in total. The van der Waals surface area contributed by atoms with E-state index in [9.17, 15) is 9.18 Å². The molecule has 0 aromatic heterocycles. The second kappa shape index (κ2) is 6.68. The molecular formula is C12H14BrFINO. The summed E-state index contributed by atoms with van der Waals surface area (Å²) < 4.78 is 13.6. The molecule has 0 aliphatic heterocycles. The fourth-order valence-electron chi connectivity index (χ4n) is 1.50. The van der Waals surface area contributed by atoms with Crippen molar-refractivity contribution < 1.29 is 9.18 Å². The number of hydrogen-bond donors (Lipinski definition) is 0. The summed E-state index contributed by atoms with van der Waals surface area (Å²) in [6.45, 7) is 4.58. The highest BCUT2D eigenvalue weighted by molar-refractivity contribution is 14.1. The lowest BCUT2D eigenvalue weighted by atomic mass is 10.1. The van der Waals surface area contributed by atoms with Crippen molar-refractivity contribution in [2.24, 2.45) is 0 Å². The third-order valence-corrected chi connectivity index (χ3v) is 3.62. The van der Waals surface area contributed by atoms with E-state index >= 15 is 0 Å². The smallest absolute Gasteiger partial charge is 0.255 e. The second-order valence-corrected chi connectivity index (χ2v) is 5.86. The molecule has 1 aromatic rings. The zero-order valence-corrected chi connectivity index (χ0v) is 13.5. The molecular weight excluding hydrogens is 400 g/mol. The molecule has 94 valence electrons. The van der Waals surface area contributed by atoms with E-state index in [1.165, 1.54) is 12.1 Å². The van der Waals surface area contributed by atoms with Crippen molar-refractivity contribution in [3.63, 3.8) is 0 Å². The van der Waals surface area contributed by atoms with Gasteiger partial charge in [-0.15, -0.1) is 0 Å². The molecule has 0 fully saturated rings. The van der Waals surface area contributed by atoms with Crippen molar-refractivity contribution in [1.29, 1.82) is 0 Å². The lowest BCUT2D eigenvalue weighted by Gasteiger charge is -2.26. The summed E-state index contributed by atoms with van der Waals surface area (Å²) in [5, 5.41) is 0.731. The Bertz CT molecular complexity index is 411. The minimum absolute atomic E-state index is 0.0520. The van der Waals surface area contributed by atoms with Crippen LogP contribution in [0.4, 0.5) is 4.39 Å². The van der Waals surface area contributed by atoms with Crippen LogP contribution in [0.3, 0.4) is 0 Å². The summed E-state index contributed by atoms with van der Waals surface area (Å²) in [5.74, 6) is -0.369. The molecule has 1 aromatic carbocycles. The molecule has 5 heteroatoms. The molecule has 0 bridgehead atoms. The third-order valence-electron chi connectivity index (χ3n) is 2.37. The number of halogens is 3. The highest BCUT2D eigenvalue weighted by Crippen LogP contribution is 2.17. The number of hydrogen-bond acceptors (Lipinski definition) is 1. The van der Waals surface area contributed by atoms with Crippen LogP contribution >= 0.6 is 38.5 Å². The first kappa shape index (κ1) is 14.9. The van der Waals surface area contributed by atoms with Gasteiger partial charge < -0.3 is 4.90 Å². The molecule has 0 radical (unpaired) electrons. The van der Waals surface area contributed by atoms with Crippen molar-refractivity contribution in [1.82, 2.24) is 4.90 Å². The number of nitrogens with zero attached hydrogens (tertiary/aromatic N) is 1. The number of amides is 1. The summed E-state index contributed by atoms with van der Waals surface area (Å²) in [5.41, 5.74) is 0.557. The second-order valence-electron chi connectivity index (χ2n) is 3.91. The SMILES string of the molecule is CC(C)N(CCBr)C(=O)c1ccc(F)cc1I. The van der Waals surface area contributed by atoms with Crippen LogP contribution in [-0.4, -0.2) is 28.7 Å². The summed E-state index contributed by atoms with van der Waals surface area (Å²) >= 11 is 5.32. The number of alkyl halides is 1. The first-order chi connectivity index (χ1) is 7.97. The molecule has 0 saturated heterocycles. The molecule has 17 heavy (non-hydrogen) atoms. The molecule has 0 saturated carbocycles. The van der Waals surface area contributed by atoms with E-state index in [4.69, 9.17) is 0 Å². The molecule has 0 atom stereocenters. The van der Waals surface area contributed by atoms with E-state index in [1.807, 2.05) is 36.4 Å². The van der Waals surface area contributed by atoms with Gasteiger partial charge in [0.25, 0.3) is 5.91 Å². The summed E-state index contributed by atoms with van der Waals surface area (Å²) in [4.78, 5) is 14.1. The number of rotatable bonds is 4. The molecule has 0 unspecified atom stereocenters. The summed E-state index contributed by atoms with van der Waals surface area (Å²) in [7, 11) is 0. The van der Waals surface area contributed by atoms with Crippen molar-refractivity contribution in [2.45, 2.75) is 19.9 Å².